The molecular formula is C39H25N3O. The fourth-order valence-corrected chi connectivity index (χ4v) is 5.97. The van der Waals surface area contributed by atoms with Gasteiger partial charge in [-0.2, -0.15) is 0 Å². The summed E-state index contributed by atoms with van der Waals surface area (Å²) < 4.78 is 0. The highest BCUT2D eigenvalue weighted by Crippen LogP contribution is 2.42. The van der Waals surface area contributed by atoms with E-state index >= 15 is 0 Å². The number of hydrogen-bond acceptors (Lipinski definition) is 4. The standard InChI is InChI=1S/C39H25N3O/c43-36-20-19-32(33-16-9-21-40-38(33)36)37-30-15-8-7-14-27(30)22-29-23-28(17-18-31(29)37)35-24-34(25-10-3-1-4-11-25)41-39(42-35)26-12-5-2-6-13-26/h1-24,43H. The molecule has 8 rings (SSSR count). The van der Waals surface area contributed by atoms with Crippen LogP contribution in [0, 0.1) is 0 Å². The van der Waals surface area contributed by atoms with E-state index in [0.717, 1.165) is 66.1 Å². The molecule has 0 saturated heterocycles. The number of phenolic OH excluding ortho intramolecular Hbond substituents is 1. The van der Waals surface area contributed by atoms with E-state index in [1.165, 1.54) is 0 Å². The second-order valence-electron chi connectivity index (χ2n) is 10.6. The van der Waals surface area contributed by atoms with Crippen LogP contribution in [0.3, 0.4) is 0 Å². The van der Waals surface area contributed by atoms with Gasteiger partial charge in [0, 0.05) is 28.3 Å². The highest BCUT2D eigenvalue weighted by molar-refractivity contribution is 6.17. The summed E-state index contributed by atoms with van der Waals surface area (Å²) in [6.45, 7) is 0. The van der Waals surface area contributed by atoms with Gasteiger partial charge in [0.15, 0.2) is 5.82 Å². The molecule has 0 aliphatic carbocycles. The topological polar surface area (TPSA) is 58.9 Å². The Hall–Kier alpha value is -5.87. The zero-order valence-corrected chi connectivity index (χ0v) is 23.1. The molecule has 0 radical (unpaired) electrons. The predicted octanol–water partition coefficient (Wildman–Crippen LogP) is 9.70. The monoisotopic (exact) mass is 551 g/mol. The molecule has 4 heteroatoms. The van der Waals surface area contributed by atoms with Crippen molar-refractivity contribution in [1.29, 1.82) is 0 Å². The molecule has 0 aliphatic heterocycles. The summed E-state index contributed by atoms with van der Waals surface area (Å²) in [5.74, 6) is 0.873. The van der Waals surface area contributed by atoms with Crippen LogP contribution in [-0.4, -0.2) is 20.1 Å². The number of pyridine rings is 1. The van der Waals surface area contributed by atoms with E-state index < -0.39 is 0 Å². The van der Waals surface area contributed by atoms with Crippen molar-refractivity contribution in [3.8, 4) is 50.8 Å². The van der Waals surface area contributed by atoms with Gasteiger partial charge < -0.3 is 5.11 Å². The van der Waals surface area contributed by atoms with Crippen molar-refractivity contribution in [1.82, 2.24) is 15.0 Å². The van der Waals surface area contributed by atoms with E-state index in [2.05, 4.69) is 71.7 Å². The molecule has 0 aliphatic rings. The fraction of sp³-hybridized carbons (Fsp3) is 0. The minimum absolute atomic E-state index is 0.179. The lowest BCUT2D eigenvalue weighted by Gasteiger charge is -2.16. The Morgan fingerprint density at radius 2 is 1.14 bits per heavy atom. The molecule has 6 aromatic carbocycles. The van der Waals surface area contributed by atoms with Crippen molar-refractivity contribution in [2.24, 2.45) is 0 Å². The number of nitrogens with zero attached hydrogens (tertiary/aromatic N) is 3. The maximum absolute atomic E-state index is 10.6. The van der Waals surface area contributed by atoms with E-state index in [-0.39, 0.29) is 5.75 Å². The van der Waals surface area contributed by atoms with Crippen LogP contribution in [0.2, 0.25) is 0 Å². The van der Waals surface area contributed by atoms with Gasteiger partial charge in [-0.15, -0.1) is 0 Å². The largest absolute Gasteiger partial charge is 0.506 e. The quantitative estimate of drug-likeness (QED) is 0.221. The van der Waals surface area contributed by atoms with Crippen molar-refractivity contribution in [3.05, 3.63) is 146 Å². The van der Waals surface area contributed by atoms with Gasteiger partial charge >= 0.3 is 0 Å². The molecular weight excluding hydrogens is 526 g/mol. The van der Waals surface area contributed by atoms with Crippen LogP contribution in [0.25, 0.3) is 77.5 Å². The Morgan fingerprint density at radius 1 is 0.465 bits per heavy atom. The molecule has 0 saturated carbocycles. The van der Waals surface area contributed by atoms with Crippen molar-refractivity contribution in [3.63, 3.8) is 0 Å². The number of hydrogen-bond donors (Lipinski definition) is 1. The molecule has 0 atom stereocenters. The Kier molecular flexibility index (Phi) is 5.90. The van der Waals surface area contributed by atoms with Crippen molar-refractivity contribution >= 4 is 32.4 Å². The molecule has 0 amide bonds. The minimum atomic E-state index is 0.179. The third-order valence-electron chi connectivity index (χ3n) is 8.00. The van der Waals surface area contributed by atoms with Crippen LogP contribution in [0.1, 0.15) is 0 Å². The summed E-state index contributed by atoms with van der Waals surface area (Å²) in [6.07, 6.45) is 1.72. The lowest BCUT2D eigenvalue weighted by molar-refractivity contribution is 0.480. The normalized spacial score (nSPS) is 11.3. The van der Waals surface area contributed by atoms with Gasteiger partial charge in [0.25, 0.3) is 0 Å². The lowest BCUT2D eigenvalue weighted by Crippen LogP contribution is -1.96. The van der Waals surface area contributed by atoms with Crippen molar-refractivity contribution in [2.45, 2.75) is 0 Å². The predicted molar refractivity (Wildman–Crippen MR) is 176 cm³/mol. The van der Waals surface area contributed by atoms with Gasteiger partial charge in [0.1, 0.15) is 11.3 Å². The van der Waals surface area contributed by atoms with Crippen molar-refractivity contribution in [2.75, 3.05) is 0 Å². The summed E-state index contributed by atoms with van der Waals surface area (Å²) in [5, 5.41) is 16.0. The average molecular weight is 552 g/mol. The highest BCUT2D eigenvalue weighted by atomic mass is 16.3. The van der Waals surface area contributed by atoms with E-state index in [1.807, 2.05) is 66.7 Å². The SMILES string of the molecule is Oc1ccc(-c2c3ccccc3cc3cc(-c4cc(-c5ccccc5)nc(-c5ccccc5)n4)ccc23)c2cccnc12. The molecule has 1 N–H and O–H groups in total. The number of phenols is 1. The number of aromatic nitrogens is 3. The summed E-state index contributed by atoms with van der Waals surface area (Å²) in [4.78, 5) is 14.5. The van der Waals surface area contributed by atoms with Crippen LogP contribution in [-0.2, 0) is 0 Å². The molecule has 4 nitrogen and oxygen atoms in total. The molecule has 0 bridgehead atoms. The van der Waals surface area contributed by atoms with Crippen LogP contribution in [0.15, 0.2) is 146 Å². The molecule has 202 valence electrons. The minimum Gasteiger partial charge on any atom is -0.506 e. The smallest absolute Gasteiger partial charge is 0.160 e. The van der Waals surface area contributed by atoms with E-state index in [4.69, 9.17) is 9.97 Å². The molecule has 43 heavy (non-hydrogen) atoms. The maximum atomic E-state index is 10.6. The third kappa shape index (κ3) is 4.37. The fourth-order valence-electron chi connectivity index (χ4n) is 5.97. The van der Waals surface area contributed by atoms with Gasteiger partial charge in [-0.3, -0.25) is 4.98 Å². The zero-order valence-electron chi connectivity index (χ0n) is 23.1. The van der Waals surface area contributed by atoms with E-state index in [9.17, 15) is 5.11 Å². The summed E-state index contributed by atoms with van der Waals surface area (Å²) in [7, 11) is 0. The zero-order chi connectivity index (χ0) is 28.8. The van der Waals surface area contributed by atoms with Gasteiger partial charge in [-0.1, -0.05) is 103 Å². The first-order valence-corrected chi connectivity index (χ1v) is 14.3. The van der Waals surface area contributed by atoms with Gasteiger partial charge in [0.05, 0.1) is 11.4 Å². The Bertz CT molecular complexity index is 2240. The van der Waals surface area contributed by atoms with Gasteiger partial charge in [-0.05, 0) is 69.1 Å². The molecule has 2 heterocycles. The molecule has 2 aromatic heterocycles. The average Bonchev–Trinajstić information content (AvgIpc) is 3.08. The second-order valence-corrected chi connectivity index (χ2v) is 10.6. The van der Waals surface area contributed by atoms with E-state index in [1.54, 1.807) is 12.3 Å². The van der Waals surface area contributed by atoms with Crippen LogP contribution < -0.4 is 0 Å². The van der Waals surface area contributed by atoms with Crippen LogP contribution in [0.5, 0.6) is 5.75 Å². The molecule has 0 fully saturated rings. The van der Waals surface area contributed by atoms with Crippen LogP contribution >= 0.6 is 0 Å². The third-order valence-corrected chi connectivity index (χ3v) is 8.00. The second kappa shape index (κ2) is 10.2. The van der Waals surface area contributed by atoms with Gasteiger partial charge in [-0.25, -0.2) is 9.97 Å². The first-order chi connectivity index (χ1) is 21.2. The first-order valence-electron chi connectivity index (χ1n) is 14.3. The summed E-state index contributed by atoms with van der Waals surface area (Å²) >= 11 is 0. The Morgan fingerprint density at radius 3 is 1.95 bits per heavy atom. The first kappa shape index (κ1) is 24.9. The number of fused-ring (bicyclic) bond motifs is 3. The Labute approximate surface area is 248 Å². The molecule has 8 aromatic rings. The number of aromatic hydroxyl groups is 1. The Balaban J connectivity index is 1.38. The summed E-state index contributed by atoms with van der Waals surface area (Å²) in [6, 6.07) is 47.4. The number of benzene rings is 6. The van der Waals surface area contributed by atoms with Crippen molar-refractivity contribution < 1.29 is 5.11 Å². The van der Waals surface area contributed by atoms with Gasteiger partial charge in [0.2, 0.25) is 0 Å². The number of rotatable bonds is 4. The highest BCUT2D eigenvalue weighted by Gasteiger charge is 2.16. The summed E-state index contributed by atoms with van der Waals surface area (Å²) in [5.41, 5.74) is 7.54. The molecule has 0 unspecified atom stereocenters. The van der Waals surface area contributed by atoms with E-state index in [0.29, 0.717) is 11.3 Å². The van der Waals surface area contributed by atoms with Crippen LogP contribution in [0.4, 0.5) is 0 Å². The maximum Gasteiger partial charge on any atom is 0.160 e. The lowest BCUT2D eigenvalue weighted by atomic mass is 9.89. The molecule has 0 spiro atoms.